The van der Waals surface area contributed by atoms with Crippen molar-refractivity contribution in [2.24, 2.45) is 0 Å². The number of rotatable bonds is 8. The Morgan fingerprint density at radius 2 is 1.83 bits per heavy atom. The lowest BCUT2D eigenvalue weighted by Crippen LogP contribution is -2.53. The number of nitrogens with zero attached hydrogens (tertiary/aromatic N) is 2. The maximum absolute atomic E-state index is 13.3. The quantitative estimate of drug-likeness (QED) is 0.261. The first kappa shape index (κ1) is 26.4. The van der Waals surface area contributed by atoms with Gasteiger partial charge in [-0.1, -0.05) is 28.9 Å². The smallest absolute Gasteiger partial charge is 0.322 e. The number of carboxylic acid groups (broad SMARTS) is 1. The molecule has 3 aromatic rings. The largest absolute Gasteiger partial charge is 0.508 e. The van der Waals surface area contributed by atoms with Crippen LogP contribution in [0.3, 0.4) is 0 Å². The number of aromatic hydroxyl groups is 1. The van der Waals surface area contributed by atoms with E-state index in [0.29, 0.717) is 10.6 Å². The third kappa shape index (κ3) is 5.88. The summed E-state index contributed by atoms with van der Waals surface area (Å²) in [6.45, 7) is 4.38. The Morgan fingerprint density at radius 3 is 2.42 bits per heavy atom. The summed E-state index contributed by atoms with van der Waals surface area (Å²) in [5, 5.41) is 25.6. The van der Waals surface area contributed by atoms with Gasteiger partial charge in [0.25, 0.3) is 17.7 Å². The van der Waals surface area contributed by atoms with Crippen LogP contribution in [0.2, 0.25) is 5.02 Å². The topological polar surface area (TPSA) is 162 Å². The number of aryl methyl sites for hydroxylation is 2. The van der Waals surface area contributed by atoms with Crippen LogP contribution in [0.25, 0.3) is 0 Å². The number of nitrogens with one attached hydrogen (secondary N) is 2. The van der Waals surface area contributed by atoms with Gasteiger partial charge in [-0.25, -0.2) is 10.4 Å². The standard InChI is InChI=1S/C24H23ClN4O7/c1-12-20(14(3)36-28-12)23(33)29(27-13(2)24(34)35)22(32)18-8-7-16(10-19(18)25)21(31)26-11-15-5-4-6-17(30)9-15/h4-10,13,27,30H,11H2,1-3H3,(H,26,31)(H,34,35)/t13-/m0/s1. The van der Waals surface area contributed by atoms with Gasteiger partial charge in [-0.05, 0) is 56.7 Å². The van der Waals surface area contributed by atoms with Gasteiger partial charge in [0, 0.05) is 12.1 Å². The molecule has 0 spiro atoms. The SMILES string of the molecule is Cc1noc(C)c1C(=O)N(N[C@@H](C)C(=O)O)C(=O)c1ccc(C(=O)NCc2cccc(O)c2)cc1Cl. The zero-order chi connectivity index (χ0) is 26.6. The number of benzene rings is 2. The molecule has 0 unspecified atom stereocenters. The minimum absolute atomic E-state index is 0.00694. The van der Waals surface area contributed by atoms with Crippen LogP contribution in [0.4, 0.5) is 0 Å². The third-order valence-electron chi connectivity index (χ3n) is 5.17. The van der Waals surface area contributed by atoms with Crippen LogP contribution >= 0.6 is 11.6 Å². The van der Waals surface area contributed by atoms with Gasteiger partial charge in [-0.15, -0.1) is 0 Å². The number of hydrogen-bond donors (Lipinski definition) is 4. The minimum Gasteiger partial charge on any atom is -0.508 e. The van der Waals surface area contributed by atoms with Crippen molar-refractivity contribution in [3.05, 3.63) is 81.2 Å². The molecule has 0 aliphatic heterocycles. The van der Waals surface area contributed by atoms with E-state index in [4.69, 9.17) is 16.1 Å². The Labute approximate surface area is 210 Å². The summed E-state index contributed by atoms with van der Waals surface area (Å²) in [5.41, 5.74) is 3.25. The highest BCUT2D eigenvalue weighted by molar-refractivity contribution is 6.34. The van der Waals surface area contributed by atoms with Gasteiger partial charge in [0.15, 0.2) is 0 Å². The predicted octanol–water partition coefficient (Wildman–Crippen LogP) is 2.84. The molecule has 0 aliphatic carbocycles. The van der Waals surface area contributed by atoms with E-state index < -0.39 is 29.7 Å². The summed E-state index contributed by atoms with van der Waals surface area (Å²) in [7, 11) is 0. The van der Waals surface area contributed by atoms with Crippen LogP contribution in [0.15, 0.2) is 47.0 Å². The first-order chi connectivity index (χ1) is 17.0. The first-order valence-electron chi connectivity index (χ1n) is 10.7. The molecule has 1 heterocycles. The molecular formula is C24H23ClN4O7. The molecule has 3 amide bonds. The average molecular weight is 515 g/mol. The van der Waals surface area contributed by atoms with Crippen LogP contribution in [0.1, 0.15) is 55.0 Å². The molecule has 0 saturated heterocycles. The van der Waals surface area contributed by atoms with Gasteiger partial charge in [-0.2, -0.15) is 0 Å². The molecule has 1 atom stereocenters. The Hall–Kier alpha value is -4.22. The lowest BCUT2D eigenvalue weighted by Gasteiger charge is -2.24. The highest BCUT2D eigenvalue weighted by Gasteiger charge is 2.32. The van der Waals surface area contributed by atoms with Crippen LogP contribution in [0.5, 0.6) is 5.75 Å². The second-order valence-electron chi connectivity index (χ2n) is 7.88. The Kier molecular flexibility index (Phi) is 8.07. The second kappa shape index (κ2) is 11.0. The van der Waals surface area contributed by atoms with Crippen molar-refractivity contribution in [2.75, 3.05) is 0 Å². The monoisotopic (exact) mass is 514 g/mol. The number of phenolic OH excluding ortho intramolecular Hbond substituents is 1. The van der Waals surface area contributed by atoms with Crippen molar-refractivity contribution in [1.82, 2.24) is 20.9 Å². The molecule has 0 bridgehead atoms. The summed E-state index contributed by atoms with van der Waals surface area (Å²) in [6.07, 6.45) is 0. The van der Waals surface area contributed by atoms with Gasteiger partial charge in [-0.3, -0.25) is 19.2 Å². The Morgan fingerprint density at radius 1 is 1.11 bits per heavy atom. The molecule has 0 fully saturated rings. The van der Waals surface area contributed by atoms with Crippen molar-refractivity contribution in [2.45, 2.75) is 33.4 Å². The third-order valence-corrected chi connectivity index (χ3v) is 5.48. The highest BCUT2D eigenvalue weighted by Crippen LogP contribution is 2.22. The first-order valence-corrected chi connectivity index (χ1v) is 11.0. The van der Waals surface area contributed by atoms with E-state index in [1.807, 2.05) is 0 Å². The molecule has 1 aromatic heterocycles. The molecule has 2 aromatic carbocycles. The average Bonchev–Trinajstić information content (AvgIpc) is 3.17. The van der Waals surface area contributed by atoms with Crippen molar-refractivity contribution in [1.29, 1.82) is 0 Å². The number of aliphatic carboxylic acids is 1. The predicted molar refractivity (Wildman–Crippen MR) is 127 cm³/mol. The molecule has 0 aliphatic rings. The van der Waals surface area contributed by atoms with Gasteiger partial charge in [0.1, 0.15) is 23.1 Å². The van der Waals surface area contributed by atoms with E-state index in [1.165, 1.54) is 51.1 Å². The normalized spacial score (nSPS) is 11.6. The Balaban J connectivity index is 1.85. The van der Waals surface area contributed by atoms with Gasteiger partial charge in [0.05, 0.1) is 16.3 Å². The minimum atomic E-state index is -1.31. The number of imide groups is 1. The number of carbonyl (C=O) groups is 4. The van der Waals surface area contributed by atoms with E-state index in [1.54, 1.807) is 12.1 Å². The van der Waals surface area contributed by atoms with Crippen LogP contribution < -0.4 is 10.7 Å². The van der Waals surface area contributed by atoms with E-state index in [9.17, 15) is 29.4 Å². The maximum atomic E-state index is 13.3. The van der Waals surface area contributed by atoms with Crippen molar-refractivity contribution in [3.8, 4) is 5.75 Å². The summed E-state index contributed by atoms with van der Waals surface area (Å²) in [4.78, 5) is 50.4. The summed E-state index contributed by atoms with van der Waals surface area (Å²) >= 11 is 6.29. The van der Waals surface area contributed by atoms with Gasteiger partial charge < -0.3 is 20.1 Å². The van der Waals surface area contributed by atoms with E-state index in [-0.39, 0.29) is 45.5 Å². The summed E-state index contributed by atoms with van der Waals surface area (Å²) < 4.78 is 4.99. The molecule has 0 saturated carbocycles. The summed E-state index contributed by atoms with van der Waals surface area (Å²) in [5.74, 6) is -3.40. The number of amides is 3. The van der Waals surface area contributed by atoms with Crippen molar-refractivity contribution >= 4 is 35.3 Å². The van der Waals surface area contributed by atoms with E-state index in [0.717, 1.165) is 0 Å². The fourth-order valence-corrected chi connectivity index (χ4v) is 3.52. The number of hydrazine groups is 1. The molecule has 3 rings (SSSR count). The fraction of sp³-hybridized carbons (Fsp3) is 0.208. The van der Waals surface area contributed by atoms with Crippen molar-refractivity contribution < 1.29 is 33.9 Å². The molecule has 0 radical (unpaired) electrons. The number of carbonyl (C=O) groups excluding carboxylic acids is 3. The fourth-order valence-electron chi connectivity index (χ4n) is 3.26. The lowest BCUT2D eigenvalue weighted by molar-refractivity contribution is -0.139. The number of phenols is 1. The number of aromatic nitrogens is 1. The van der Waals surface area contributed by atoms with Crippen LogP contribution in [-0.2, 0) is 11.3 Å². The van der Waals surface area contributed by atoms with Crippen LogP contribution in [0, 0.1) is 13.8 Å². The van der Waals surface area contributed by atoms with Crippen molar-refractivity contribution in [3.63, 3.8) is 0 Å². The lowest BCUT2D eigenvalue weighted by atomic mass is 10.1. The molecule has 4 N–H and O–H groups in total. The molecule has 12 heteroatoms. The molecular weight excluding hydrogens is 492 g/mol. The maximum Gasteiger partial charge on any atom is 0.322 e. The summed E-state index contributed by atoms with van der Waals surface area (Å²) in [6, 6.07) is 8.93. The number of hydrogen-bond acceptors (Lipinski definition) is 8. The van der Waals surface area contributed by atoms with Gasteiger partial charge >= 0.3 is 5.97 Å². The highest BCUT2D eigenvalue weighted by atomic mass is 35.5. The van der Waals surface area contributed by atoms with E-state index >= 15 is 0 Å². The number of carboxylic acids is 1. The van der Waals surface area contributed by atoms with Gasteiger partial charge in [0.2, 0.25) is 0 Å². The van der Waals surface area contributed by atoms with E-state index in [2.05, 4.69) is 15.9 Å². The van der Waals surface area contributed by atoms with Crippen LogP contribution in [-0.4, -0.2) is 50.1 Å². The number of halogens is 1. The molecule has 36 heavy (non-hydrogen) atoms. The Bertz CT molecular complexity index is 1320. The molecule has 11 nitrogen and oxygen atoms in total. The second-order valence-corrected chi connectivity index (χ2v) is 8.29. The zero-order valence-electron chi connectivity index (χ0n) is 19.5. The molecule has 188 valence electrons. The zero-order valence-corrected chi connectivity index (χ0v) is 20.3.